The number of hydrogen-bond donors (Lipinski definition) is 1. The van der Waals surface area contributed by atoms with Crippen LogP contribution in [0.25, 0.3) is 0 Å². The van der Waals surface area contributed by atoms with Crippen molar-refractivity contribution in [2.75, 3.05) is 29.2 Å². The molecule has 9 heteroatoms. The van der Waals surface area contributed by atoms with E-state index in [1.54, 1.807) is 29.3 Å². The second kappa shape index (κ2) is 8.47. The Kier molecular flexibility index (Phi) is 5.45. The smallest absolute Gasteiger partial charge is 0.263 e. The van der Waals surface area contributed by atoms with Gasteiger partial charge in [0.2, 0.25) is 5.95 Å². The second-order valence-corrected chi connectivity index (χ2v) is 10.3. The van der Waals surface area contributed by atoms with Crippen molar-refractivity contribution in [2.45, 2.75) is 30.3 Å². The Morgan fingerprint density at radius 1 is 1.09 bits per heavy atom. The standard InChI is InChI=1S/C24H21Cl2N5OS/c25-19-2-1-3-20(26)21(19)31-13-33-22-18(23(31)32)12-27-24(29-22)28-16-6-4-14-5-7-17(30-8-9-30)11-15(14)10-16/h1-4,6,10,12,17H,5,7-9,11,13H2,(H,27,28,29). The van der Waals surface area contributed by atoms with E-state index in [9.17, 15) is 4.79 Å². The van der Waals surface area contributed by atoms with Gasteiger partial charge in [-0.3, -0.25) is 14.6 Å². The van der Waals surface area contributed by atoms with Crippen molar-refractivity contribution >= 4 is 58.2 Å². The minimum Gasteiger partial charge on any atom is -0.324 e. The fraction of sp³-hybridized carbons (Fsp3) is 0.292. The number of hydrogen-bond acceptors (Lipinski definition) is 6. The van der Waals surface area contributed by atoms with E-state index >= 15 is 0 Å². The summed E-state index contributed by atoms with van der Waals surface area (Å²) in [5, 5.41) is 4.85. The van der Waals surface area contributed by atoms with Gasteiger partial charge in [0.05, 0.1) is 27.2 Å². The van der Waals surface area contributed by atoms with Gasteiger partial charge in [-0.1, -0.05) is 47.1 Å². The third kappa shape index (κ3) is 4.08. The molecule has 1 N–H and O–H groups in total. The van der Waals surface area contributed by atoms with Crippen molar-refractivity contribution in [3.8, 4) is 0 Å². The van der Waals surface area contributed by atoms with E-state index < -0.39 is 0 Å². The van der Waals surface area contributed by atoms with E-state index in [0.717, 1.165) is 18.5 Å². The number of carbonyl (C=O) groups excluding carboxylic acids is 1. The zero-order chi connectivity index (χ0) is 22.5. The number of anilines is 3. The largest absolute Gasteiger partial charge is 0.324 e. The highest BCUT2D eigenvalue weighted by molar-refractivity contribution is 7.99. The summed E-state index contributed by atoms with van der Waals surface area (Å²) in [5.74, 6) is 0.652. The van der Waals surface area contributed by atoms with Gasteiger partial charge in [0.25, 0.3) is 5.91 Å². The van der Waals surface area contributed by atoms with E-state index in [4.69, 9.17) is 23.2 Å². The first-order valence-corrected chi connectivity index (χ1v) is 12.7. The first kappa shape index (κ1) is 21.2. The number of carbonyl (C=O) groups is 1. The van der Waals surface area contributed by atoms with E-state index in [1.165, 1.54) is 42.4 Å². The minimum atomic E-state index is -0.208. The maximum Gasteiger partial charge on any atom is 0.263 e. The topological polar surface area (TPSA) is 61.1 Å². The molecule has 3 aromatic rings. The van der Waals surface area contributed by atoms with Crippen LogP contribution in [0, 0.1) is 0 Å². The van der Waals surface area contributed by atoms with E-state index in [1.807, 2.05) is 0 Å². The molecule has 1 aromatic heterocycles. The molecule has 1 unspecified atom stereocenters. The molecule has 1 fully saturated rings. The molecular weight excluding hydrogens is 477 g/mol. The Bertz CT molecular complexity index is 1250. The minimum absolute atomic E-state index is 0.208. The van der Waals surface area contributed by atoms with Crippen molar-refractivity contribution in [3.05, 3.63) is 69.3 Å². The summed E-state index contributed by atoms with van der Waals surface area (Å²) in [6, 6.07) is 12.4. The van der Waals surface area contributed by atoms with Crippen LogP contribution in [0.2, 0.25) is 10.0 Å². The van der Waals surface area contributed by atoms with Crippen LogP contribution in [0.15, 0.2) is 47.6 Å². The van der Waals surface area contributed by atoms with Crippen LogP contribution in [-0.2, 0) is 12.8 Å². The molecule has 2 aliphatic heterocycles. The Morgan fingerprint density at radius 2 is 1.91 bits per heavy atom. The van der Waals surface area contributed by atoms with Gasteiger partial charge in [-0.2, -0.15) is 0 Å². The van der Waals surface area contributed by atoms with Gasteiger partial charge < -0.3 is 5.32 Å². The van der Waals surface area contributed by atoms with Crippen LogP contribution >= 0.6 is 35.0 Å². The van der Waals surface area contributed by atoms with Crippen LogP contribution in [-0.4, -0.2) is 45.8 Å². The number of benzene rings is 2. The Labute approximate surface area is 206 Å². The number of fused-ring (bicyclic) bond motifs is 2. The zero-order valence-electron chi connectivity index (χ0n) is 17.7. The molecule has 1 aliphatic carbocycles. The molecule has 0 radical (unpaired) electrons. The lowest BCUT2D eigenvalue weighted by molar-refractivity contribution is 0.0985. The van der Waals surface area contributed by atoms with E-state index in [2.05, 4.69) is 38.4 Å². The van der Waals surface area contributed by atoms with E-state index in [-0.39, 0.29) is 5.91 Å². The van der Waals surface area contributed by atoms with Crippen molar-refractivity contribution in [2.24, 2.45) is 0 Å². The summed E-state index contributed by atoms with van der Waals surface area (Å²) in [6.45, 7) is 2.47. The summed E-state index contributed by atoms with van der Waals surface area (Å²) < 4.78 is 0. The quantitative estimate of drug-likeness (QED) is 0.384. The average Bonchev–Trinajstić information content (AvgIpc) is 3.65. The van der Waals surface area contributed by atoms with Crippen LogP contribution in [0.1, 0.15) is 27.9 Å². The van der Waals surface area contributed by atoms with Crippen molar-refractivity contribution in [1.82, 2.24) is 14.9 Å². The van der Waals surface area contributed by atoms with Crippen molar-refractivity contribution in [1.29, 1.82) is 0 Å². The number of aromatic nitrogens is 2. The molecule has 0 bridgehead atoms. The highest BCUT2D eigenvalue weighted by Gasteiger charge is 2.32. The number of amides is 1. The SMILES string of the molecule is O=C1c2cnc(Nc3ccc4c(c3)CC(N3CC3)CC4)nc2SCN1c1c(Cl)cccc1Cl. The molecule has 33 heavy (non-hydrogen) atoms. The summed E-state index contributed by atoms with van der Waals surface area (Å²) in [4.78, 5) is 26.3. The molecule has 6 nitrogen and oxygen atoms in total. The monoisotopic (exact) mass is 497 g/mol. The lowest BCUT2D eigenvalue weighted by Gasteiger charge is -2.28. The molecule has 1 amide bonds. The van der Waals surface area contributed by atoms with Gasteiger partial charge in [-0.15, -0.1) is 0 Å². The maximum atomic E-state index is 13.1. The summed E-state index contributed by atoms with van der Waals surface area (Å²) in [7, 11) is 0. The molecule has 2 aromatic carbocycles. The highest BCUT2D eigenvalue weighted by atomic mass is 35.5. The molecule has 1 atom stereocenters. The highest BCUT2D eigenvalue weighted by Crippen LogP contribution is 2.39. The van der Waals surface area contributed by atoms with Crippen LogP contribution in [0.3, 0.4) is 0 Å². The van der Waals surface area contributed by atoms with Crippen molar-refractivity contribution < 1.29 is 4.79 Å². The number of aryl methyl sites for hydroxylation is 1. The third-order valence-corrected chi connectivity index (χ3v) is 8.01. The number of thioether (sulfide) groups is 1. The van der Waals surface area contributed by atoms with Crippen molar-refractivity contribution in [3.63, 3.8) is 0 Å². The lowest BCUT2D eigenvalue weighted by Crippen LogP contribution is -2.35. The molecule has 3 aliphatic rings. The van der Waals surface area contributed by atoms with Gasteiger partial charge >= 0.3 is 0 Å². The second-order valence-electron chi connectivity index (χ2n) is 8.53. The van der Waals surface area contributed by atoms with Gasteiger partial charge in [0.15, 0.2) is 0 Å². The molecule has 0 saturated carbocycles. The van der Waals surface area contributed by atoms with Gasteiger partial charge in [-0.05, 0) is 54.7 Å². The van der Waals surface area contributed by atoms with Crippen LogP contribution in [0.5, 0.6) is 0 Å². The zero-order valence-corrected chi connectivity index (χ0v) is 20.1. The van der Waals surface area contributed by atoms with Gasteiger partial charge in [0, 0.05) is 31.0 Å². The normalized spacial score (nSPS) is 19.8. The summed E-state index contributed by atoms with van der Waals surface area (Å²) in [5.41, 5.74) is 4.76. The first-order chi connectivity index (χ1) is 16.1. The fourth-order valence-corrected chi connectivity index (χ4v) is 6.15. The Hall–Kier alpha value is -2.32. The molecule has 3 heterocycles. The van der Waals surface area contributed by atoms with Gasteiger partial charge in [-0.25, -0.2) is 9.97 Å². The van der Waals surface area contributed by atoms with Crippen LogP contribution in [0.4, 0.5) is 17.3 Å². The molecule has 1 saturated heterocycles. The number of halogens is 2. The van der Waals surface area contributed by atoms with E-state index in [0.29, 0.717) is 44.2 Å². The Balaban J connectivity index is 1.22. The van der Waals surface area contributed by atoms with Gasteiger partial charge in [0.1, 0.15) is 5.03 Å². The molecular formula is C24H21Cl2N5OS. The predicted molar refractivity (Wildman–Crippen MR) is 133 cm³/mol. The summed E-state index contributed by atoms with van der Waals surface area (Å²) in [6.07, 6.45) is 5.05. The molecule has 0 spiro atoms. The molecule has 6 rings (SSSR count). The first-order valence-electron chi connectivity index (χ1n) is 11.0. The predicted octanol–water partition coefficient (Wildman–Crippen LogP) is 5.41. The average molecular weight is 498 g/mol. The third-order valence-electron chi connectivity index (χ3n) is 6.43. The Morgan fingerprint density at radius 3 is 2.70 bits per heavy atom. The maximum absolute atomic E-state index is 13.1. The number of rotatable bonds is 4. The number of nitrogens with zero attached hydrogens (tertiary/aromatic N) is 4. The fourth-order valence-electron chi connectivity index (χ4n) is 4.61. The number of nitrogens with one attached hydrogen (secondary N) is 1. The lowest BCUT2D eigenvalue weighted by atomic mass is 9.88. The van der Waals surface area contributed by atoms with Crippen LogP contribution < -0.4 is 10.2 Å². The number of para-hydroxylation sites is 1. The molecule has 168 valence electrons. The summed E-state index contributed by atoms with van der Waals surface area (Å²) >= 11 is 14.1.